The fraction of sp³-hybridized carbons (Fsp3) is 0.333. The number of ether oxygens (including phenoxy) is 2. The third kappa shape index (κ3) is 6.55. The Morgan fingerprint density at radius 3 is 2.40 bits per heavy atom. The maximum atomic E-state index is 13.2. The van der Waals surface area contributed by atoms with Crippen molar-refractivity contribution in [3.05, 3.63) is 64.7 Å². The topological polar surface area (TPSA) is 115 Å². The predicted octanol–water partition coefficient (Wildman–Crippen LogP) is 6.79. The first-order chi connectivity index (χ1) is 20.7. The number of aryl methyl sites for hydroxylation is 3. The monoisotopic (exact) mass is 598 g/mol. The zero-order valence-corrected chi connectivity index (χ0v) is 26.4. The number of benzene rings is 3. The highest BCUT2D eigenvalue weighted by Crippen LogP contribution is 2.36. The molecule has 5 rings (SSSR count). The van der Waals surface area contributed by atoms with Gasteiger partial charge < -0.3 is 25.4 Å². The van der Waals surface area contributed by atoms with Crippen LogP contribution in [0.15, 0.2) is 42.5 Å². The molecule has 224 valence electrons. The molecule has 3 N–H and O–H groups in total. The van der Waals surface area contributed by atoms with E-state index >= 15 is 0 Å². The lowest BCUT2D eigenvalue weighted by atomic mass is 10.0. The van der Waals surface area contributed by atoms with E-state index in [0.717, 1.165) is 58.6 Å². The molecule has 0 saturated carbocycles. The Morgan fingerprint density at radius 2 is 1.70 bits per heavy atom. The van der Waals surface area contributed by atoms with Gasteiger partial charge in [0.1, 0.15) is 5.82 Å². The number of nitrogens with zero attached hydrogens (tertiary/aromatic N) is 4. The third-order valence-electron chi connectivity index (χ3n) is 7.54. The maximum absolute atomic E-state index is 13.2. The average molecular weight is 599 g/mol. The Hall–Kier alpha value is -4.28. The van der Waals surface area contributed by atoms with Crippen LogP contribution in [0.25, 0.3) is 32.0 Å². The largest absolute Gasteiger partial charge is 0.493 e. The second-order valence-corrected chi connectivity index (χ2v) is 11.6. The van der Waals surface area contributed by atoms with Gasteiger partial charge in [0.2, 0.25) is 0 Å². The third-order valence-corrected chi connectivity index (χ3v) is 8.55. The molecule has 0 aliphatic heterocycles. The molecular weight excluding hydrogens is 560 g/mol. The molecule has 10 heteroatoms. The molecule has 0 fully saturated rings. The lowest BCUT2D eigenvalue weighted by Crippen LogP contribution is -2.25. The van der Waals surface area contributed by atoms with E-state index < -0.39 is 0 Å². The quantitative estimate of drug-likeness (QED) is 0.160. The molecule has 0 radical (unpaired) electrons. The Morgan fingerprint density at radius 1 is 0.953 bits per heavy atom. The molecule has 2 heterocycles. The van der Waals surface area contributed by atoms with Crippen LogP contribution in [0.3, 0.4) is 0 Å². The van der Waals surface area contributed by atoms with Gasteiger partial charge in [-0.05, 0) is 75.7 Å². The Labute approximate surface area is 256 Å². The average Bonchev–Trinajstić information content (AvgIpc) is 3.42. The van der Waals surface area contributed by atoms with Gasteiger partial charge in [-0.15, -0.1) is 11.3 Å². The number of carbonyl (C=O) groups is 1. The number of amides is 1. The molecule has 0 spiro atoms. The number of thiazole rings is 1. The number of methoxy groups -OCH3 is 1. The van der Waals surface area contributed by atoms with Crippen LogP contribution in [0, 0.1) is 20.8 Å². The molecular formula is C33H38N6O3S. The summed E-state index contributed by atoms with van der Waals surface area (Å²) in [6.07, 6.45) is 0.899. The standard InChI is InChI=1S/C33H38N6O3S/c1-7-39(8-2)12-9-13-42-27-18-25-23(17-26(27)41-6)30(34)38-31(35-25)33-36-24-11-10-22(16-28(24)43-33)32(40)37-29-20(4)14-19(3)15-21(29)5/h10-11,14-18H,7-9,12-13H2,1-6H3,(H,37,40)(H2,34,35,38). The molecule has 0 unspecified atom stereocenters. The van der Waals surface area contributed by atoms with Gasteiger partial charge in [-0.1, -0.05) is 31.5 Å². The van der Waals surface area contributed by atoms with Gasteiger partial charge in [-0.2, -0.15) is 0 Å². The van der Waals surface area contributed by atoms with Gasteiger partial charge in [0.05, 0.1) is 29.5 Å². The van der Waals surface area contributed by atoms with Gasteiger partial charge in [0.25, 0.3) is 5.91 Å². The van der Waals surface area contributed by atoms with Crippen molar-refractivity contribution in [2.45, 2.75) is 41.0 Å². The molecule has 1 amide bonds. The fourth-order valence-electron chi connectivity index (χ4n) is 5.26. The van der Waals surface area contributed by atoms with Gasteiger partial charge in [0, 0.05) is 29.2 Å². The van der Waals surface area contributed by atoms with Crippen molar-refractivity contribution >= 4 is 49.9 Å². The van der Waals surface area contributed by atoms with Crippen molar-refractivity contribution in [3.8, 4) is 22.3 Å². The molecule has 5 aromatic rings. The summed E-state index contributed by atoms with van der Waals surface area (Å²) in [5.74, 6) is 1.77. The molecule has 0 aliphatic rings. The van der Waals surface area contributed by atoms with Crippen LogP contribution >= 0.6 is 11.3 Å². The van der Waals surface area contributed by atoms with Gasteiger partial charge in [-0.3, -0.25) is 4.79 Å². The van der Waals surface area contributed by atoms with E-state index in [1.165, 1.54) is 11.3 Å². The molecule has 2 aromatic heterocycles. The zero-order chi connectivity index (χ0) is 30.7. The number of rotatable bonds is 11. The molecule has 3 aromatic carbocycles. The van der Waals surface area contributed by atoms with Gasteiger partial charge in [-0.25, -0.2) is 15.0 Å². The zero-order valence-electron chi connectivity index (χ0n) is 25.6. The first kappa shape index (κ1) is 30.2. The Bertz CT molecular complexity index is 1770. The van der Waals surface area contributed by atoms with Crippen LogP contribution < -0.4 is 20.5 Å². The van der Waals surface area contributed by atoms with Crippen molar-refractivity contribution in [1.29, 1.82) is 0 Å². The van der Waals surface area contributed by atoms with Crippen LogP contribution in [0.2, 0.25) is 0 Å². The van der Waals surface area contributed by atoms with E-state index in [-0.39, 0.29) is 5.91 Å². The number of fused-ring (bicyclic) bond motifs is 2. The van der Waals surface area contributed by atoms with Crippen molar-refractivity contribution in [3.63, 3.8) is 0 Å². The molecule has 0 saturated heterocycles. The van der Waals surface area contributed by atoms with E-state index in [0.29, 0.717) is 51.2 Å². The molecule has 0 bridgehead atoms. The van der Waals surface area contributed by atoms with E-state index in [4.69, 9.17) is 25.2 Å². The summed E-state index contributed by atoms with van der Waals surface area (Å²) < 4.78 is 12.5. The van der Waals surface area contributed by atoms with Crippen molar-refractivity contribution in [1.82, 2.24) is 19.9 Å². The summed E-state index contributed by atoms with van der Waals surface area (Å²) in [6.45, 7) is 13.9. The fourth-order valence-corrected chi connectivity index (χ4v) is 6.20. The predicted molar refractivity (Wildman–Crippen MR) is 176 cm³/mol. The molecule has 0 atom stereocenters. The normalized spacial score (nSPS) is 11.4. The van der Waals surface area contributed by atoms with E-state index in [1.54, 1.807) is 13.2 Å². The summed E-state index contributed by atoms with van der Waals surface area (Å²) in [5.41, 5.74) is 12.4. The number of nitrogen functional groups attached to an aromatic ring is 1. The second-order valence-electron chi connectivity index (χ2n) is 10.6. The highest BCUT2D eigenvalue weighted by Gasteiger charge is 2.17. The second kappa shape index (κ2) is 12.9. The minimum Gasteiger partial charge on any atom is -0.493 e. The molecule has 0 aliphatic carbocycles. The Kier molecular flexibility index (Phi) is 9.08. The number of anilines is 2. The van der Waals surface area contributed by atoms with Crippen molar-refractivity contribution < 1.29 is 14.3 Å². The van der Waals surface area contributed by atoms with Crippen LogP contribution in [-0.4, -0.2) is 59.1 Å². The van der Waals surface area contributed by atoms with Crippen LogP contribution in [0.1, 0.15) is 47.3 Å². The van der Waals surface area contributed by atoms with E-state index in [2.05, 4.69) is 41.2 Å². The smallest absolute Gasteiger partial charge is 0.255 e. The summed E-state index contributed by atoms with van der Waals surface area (Å²) in [4.78, 5) is 29.6. The summed E-state index contributed by atoms with van der Waals surface area (Å²) >= 11 is 1.42. The minimum atomic E-state index is -0.170. The van der Waals surface area contributed by atoms with Gasteiger partial charge >= 0.3 is 0 Å². The van der Waals surface area contributed by atoms with E-state index in [9.17, 15) is 4.79 Å². The number of nitrogens with one attached hydrogen (secondary N) is 1. The molecule has 43 heavy (non-hydrogen) atoms. The molecule has 9 nitrogen and oxygen atoms in total. The summed E-state index contributed by atoms with van der Waals surface area (Å²) in [5, 5.41) is 4.37. The van der Waals surface area contributed by atoms with Crippen molar-refractivity contribution in [2.75, 3.05) is 44.4 Å². The number of hydrogen-bond acceptors (Lipinski definition) is 9. The van der Waals surface area contributed by atoms with Crippen molar-refractivity contribution in [2.24, 2.45) is 0 Å². The number of hydrogen-bond donors (Lipinski definition) is 2. The first-order valence-electron chi connectivity index (χ1n) is 14.5. The highest BCUT2D eigenvalue weighted by atomic mass is 32.1. The van der Waals surface area contributed by atoms with Crippen LogP contribution in [-0.2, 0) is 0 Å². The van der Waals surface area contributed by atoms with Crippen LogP contribution in [0.4, 0.5) is 11.5 Å². The number of nitrogens with two attached hydrogens (primary N) is 1. The van der Waals surface area contributed by atoms with Crippen LogP contribution in [0.5, 0.6) is 11.5 Å². The number of carbonyl (C=O) groups excluding carboxylic acids is 1. The SMILES string of the molecule is CCN(CC)CCCOc1cc2nc(-c3nc4ccc(C(=O)Nc5c(C)cc(C)cc5C)cc4s3)nc(N)c2cc1OC. The van der Waals surface area contributed by atoms with Gasteiger partial charge in [0.15, 0.2) is 22.3 Å². The first-order valence-corrected chi connectivity index (χ1v) is 15.3. The van der Waals surface area contributed by atoms with E-state index in [1.807, 2.05) is 45.0 Å². The minimum absolute atomic E-state index is 0.170. The lowest BCUT2D eigenvalue weighted by molar-refractivity contribution is 0.102. The number of aromatic nitrogens is 3. The maximum Gasteiger partial charge on any atom is 0.255 e. The summed E-state index contributed by atoms with van der Waals surface area (Å²) in [7, 11) is 1.61. The highest BCUT2D eigenvalue weighted by molar-refractivity contribution is 7.21. The summed E-state index contributed by atoms with van der Waals surface area (Å²) in [6, 6.07) is 13.3. The Balaban J connectivity index is 1.40. The lowest BCUT2D eigenvalue weighted by Gasteiger charge is -2.18.